The van der Waals surface area contributed by atoms with E-state index in [9.17, 15) is 0 Å². The van der Waals surface area contributed by atoms with Gasteiger partial charge in [0.2, 0.25) is 0 Å². The molecule has 0 aliphatic heterocycles. The van der Waals surface area contributed by atoms with Gasteiger partial charge in [0.1, 0.15) is 0 Å². The molecule has 0 amide bonds. The SMILES string of the molecule is Cc1ccc(CSc2nc3cc(Cl)ccc3[nH]2)cc1. The van der Waals surface area contributed by atoms with E-state index in [1.165, 1.54) is 11.1 Å². The highest BCUT2D eigenvalue weighted by Gasteiger charge is 2.04. The molecule has 0 unspecified atom stereocenters. The third-order valence-electron chi connectivity index (χ3n) is 2.92. The Morgan fingerprint density at radius 2 is 1.95 bits per heavy atom. The van der Waals surface area contributed by atoms with E-state index in [-0.39, 0.29) is 0 Å². The average molecular weight is 289 g/mol. The Morgan fingerprint density at radius 3 is 2.74 bits per heavy atom. The van der Waals surface area contributed by atoms with Crippen LogP contribution in [0, 0.1) is 6.92 Å². The van der Waals surface area contributed by atoms with Crippen molar-refractivity contribution in [3.05, 3.63) is 58.6 Å². The van der Waals surface area contributed by atoms with Gasteiger partial charge in [-0.15, -0.1) is 0 Å². The summed E-state index contributed by atoms with van der Waals surface area (Å²) in [5.74, 6) is 0.911. The Balaban J connectivity index is 1.76. The molecule has 2 aromatic carbocycles. The number of rotatable bonds is 3. The molecule has 19 heavy (non-hydrogen) atoms. The summed E-state index contributed by atoms with van der Waals surface area (Å²) in [5.41, 5.74) is 4.52. The molecule has 3 aromatic rings. The predicted octanol–water partition coefficient (Wildman–Crippen LogP) is 4.82. The lowest BCUT2D eigenvalue weighted by Crippen LogP contribution is -1.82. The maximum absolute atomic E-state index is 5.96. The number of benzene rings is 2. The molecule has 4 heteroatoms. The zero-order valence-electron chi connectivity index (χ0n) is 10.5. The minimum Gasteiger partial charge on any atom is -0.333 e. The summed E-state index contributed by atoms with van der Waals surface area (Å²) < 4.78 is 0. The molecular formula is C15H13ClN2S. The number of thioether (sulfide) groups is 1. The van der Waals surface area contributed by atoms with Crippen LogP contribution in [0.3, 0.4) is 0 Å². The second-order valence-electron chi connectivity index (χ2n) is 4.48. The van der Waals surface area contributed by atoms with Gasteiger partial charge in [-0.05, 0) is 30.7 Å². The standard InChI is InChI=1S/C15H13ClN2S/c1-10-2-4-11(5-3-10)9-19-15-17-13-7-6-12(16)8-14(13)18-15/h2-8H,9H2,1H3,(H,17,18). The van der Waals surface area contributed by atoms with Crippen molar-refractivity contribution in [3.8, 4) is 0 Å². The van der Waals surface area contributed by atoms with Crippen LogP contribution in [-0.2, 0) is 5.75 Å². The highest BCUT2D eigenvalue weighted by atomic mass is 35.5. The second kappa shape index (κ2) is 5.27. The van der Waals surface area contributed by atoms with Crippen molar-refractivity contribution in [1.29, 1.82) is 0 Å². The molecule has 0 fully saturated rings. The summed E-state index contributed by atoms with van der Waals surface area (Å²) >= 11 is 7.66. The summed E-state index contributed by atoms with van der Waals surface area (Å²) in [4.78, 5) is 7.83. The molecule has 0 bridgehead atoms. The molecule has 2 nitrogen and oxygen atoms in total. The number of imidazole rings is 1. The highest BCUT2D eigenvalue weighted by molar-refractivity contribution is 7.98. The van der Waals surface area contributed by atoms with Gasteiger partial charge in [-0.2, -0.15) is 0 Å². The van der Waals surface area contributed by atoms with Gasteiger partial charge in [0, 0.05) is 10.8 Å². The van der Waals surface area contributed by atoms with Crippen LogP contribution in [0.2, 0.25) is 5.02 Å². The number of hydrogen-bond donors (Lipinski definition) is 1. The minimum atomic E-state index is 0.717. The topological polar surface area (TPSA) is 28.7 Å². The van der Waals surface area contributed by atoms with Crippen LogP contribution in [0.5, 0.6) is 0 Å². The van der Waals surface area contributed by atoms with Gasteiger partial charge in [-0.25, -0.2) is 4.98 Å². The first-order chi connectivity index (χ1) is 9.20. The van der Waals surface area contributed by atoms with Crippen LogP contribution >= 0.6 is 23.4 Å². The average Bonchev–Trinajstić information content (AvgIpc) is 2.80. The third-order valence-corrected chi connectivity index (χ3v) is 4.10. The van der Waals surface area contributed by atoms with E-state index in [0.717, 1.165) is 21.9 Å². The first-order valence-electron chi connectivity index (χ1n) is 6.04. The third kappa shape index (κ3) is 2.94. The molecule has 0 saturated heterocycles. The summed E-state index contributed by atoms with van der Waals surface area (Å²) in [6.45, 7) is 2.10. The van der Waals surface area contributed by atoms with Crippen LogP contribution < -0.4 is 0 Å². The first kappa shape index (κ1) is 12.6. The number of nitrogens with zero attached hydrogens (tertiary/aromatic N) is 1. The number of fused-ring (bicyclic) bond motifs is 1. The lowest BCUT2D eigenvalue weighted by Gasteiger charge is -1.99. The Labute approximate surface area is 121 Å². The summed E-state index contributed by atoms with van der Waals surface area (Å²) in [6.07, 6.45) is 0. The van der Waals surface area contributed by atoms with Gasteiger partial charge >= 0.3 is 0 Å². The number of aromatic amines is 1. The molecule has 1 N–H and O–H groups in total. The lowest BCUT2D eigenvalue weighted by molar-refractivity contribution is 1.08. The molecule has 0 aliphatic rings. The normalized spacial score (nSPS) is 11.1. The van der Waals surface area contributed by atoms with E-state index in [1.807, 2.05) is 18.2 Å². The van der Waals surface area contributed by atoms with Gasteiger partial charge in [-0.1, -0.05) is 53.2 Å². The number of hydrogen-bond acceptors (Lipinski definition) is 2. The van der Waals surface area contributed by atoms with E-state index < -0.39 is 0 Å². The van der Waals surface area contributed by atoms with Crippen molar-refractivity contribution in [1.82, 2.24) is 9.97 Å². The predicted molar refractivity (Wildman–Crippen MR) is 81.8 cm³/mol. The van der Waals surface area contributed by atoms with Crippen molar-refractivity contribution in [3.63, 3.8) is 0 Å². The molecule has 0 atom stereocenters. The summed E-state index contributed by atoms with van der Waals surface area (Å²) in [5, 5.41) is 1.65. The van der Waals surface area contributed by atoms with Crippen molar-refractivity contribution in [2.75, 3.05) is 0 Å². The smallest absolute Gasteiger partial charge is 0.166 e. The monoisotopic (exact) mass is 288 g/mol. The van der Waals surface area contributed by atoms with E-state index in [1.54, 1.807) is 11.8 Å². The Bertz CT molecular complexity index is 704. The van der Waals surface area contributed by atoms with E-state index in [4.69, 9.17) is 11.6 Å². The van der Waals surface area contributed by atoms with Crippen LogP contribution in [0.1, 0.15) is 11.1 Å². The van der Waals surface area contributed by atoms with Gasteiger partial charge < -0.3 is 4.98 Å². The maximum atomic E-state index is 5.96. The summed E-state index contributed by atoms with van der Waals surface area (Å²) in [6, 6.07) is 14.3. The van der Waals surface area contributed by atoms with Crippen LogP contribution in [0.15, 0.2) is 47.6 Å². The fourth-order valence-corrected chi connectivity index (χ4v) is 2.87. The Morgan fingerprint density at radius 1 is 1.16 bits per heavy atom. The molecule has 1 heterocycles. The summed E-state index contributed by atoms with van der Waals surface area (Å²) in [7, 11) is 0. The minimum absolute atomic E-state index is 0.717. The molecule has 3 rings (SSSR count). The molecule has 0 aliphatic carbocycles. The van der Waals surface area contributed by atoms with Gasteiger partial charge in [-0.3, -0.25) is 0 Å². The Kier molecular flexibility index (Phi) is 3.49. The largest absolute Gasteiger partial charge is 0.333 e. The number of H-pyrrole nitrogens is 1. The number of aromatic nitrogens is 2. The van der Waals surface area contributed by atoms with E-state index in [2.05, 4.69) is 41.2 Å². The van der Waals surface area contributed by atoms with E-state index in [0.29, 0.717) is 5.02 Å². The molecule has 96 valence electrons. The zero-order chi connectivity index (χ0) is 13.2. The van der Waals surface area contributed by atoms with Crippen LogP contribution in [0.4, 0.5) is 0 Å². The quantitative estimate of drug-likeness (QED) is 0.700. The molecule has 0 spiro atoms. The number of halogens is 1. The second-order valence-corrected chi connectivity index (χ2v) is 5.88. The molecule has 0 saturated carbocycles. The highest BCUT2D eigenvalue weighted by Crippen LogP contribution is 2.24. The number of aryl methyl sites for hydroxylation is 1. The maximum Gasteiger partial charge on any atom is 0.166 e. The Hall–Kier alpha value is -1.45. The van der Waals surface area contributed by atoms with Crippen molar-refractivity contribution in [2.45, 2.75) is 17.8 Å². The van der Waals surface area contributed by atoms with Gasteiger partial charge in [0.25, 0.3) is 0 Å². The fourth-order valence-electron chi connectivity index (χ4n) is 1.86. The fraction of sp³-hybridized carbons (Fsp3) is 0.133. The zero-order valence-corrected chi connectivity index (χ0v) is 12.1. The van der Waals surface area contributed by atoms with Crippen LogP contribution in [0.25, 0.3) is 11.0 Å². The van der Waals surface area contributed by atoms with Gasteiger partial charge in [0.15, 0.2) is 5.16 Å². The van der Waals surface area contributed by atoms with Crippen molar-refractivity contribution < 1.29 is 0 Å². The lowest BCUT2D eigenvalue weighted by atomic mass is 10.2. The first-order valence-corrected chi connectivity index (χ1v) is 7.41. The molecule has 0 radical (unpaired) electrons. The van der Waals surface area contributed by atoms with Crippen molar-refractivity contribution in [2.24, 2.45) is 0 Å². The molecule has 1 aromatic heterocycles. The molecular weight excluding hydrogens is 276 g/mol. The van der Waals surface area contributed by atoms with Crippen molar-refractivity contribution >= 4 is 34.4 Å². The van der Waals surface area contributed by atoms with Crippen LogP contribution in [-0.4, -0.2) is 9.97 Å². The van der Waals surface area contributed by atoms with E-state index >= 15 is 0 Å². The number of nitrogens with one attached hydrogen (secondary N) is 1. The van der Waals surface area contributed by atoms with Gasteiger partial charge in [0.05, 0.1) is 11.0 Å².